The van der Waals surface area contributed by atoms with E-state index in [-0.39, 0.29) is 18.2 Å². The van der Waals surface area contributed by atoms with E-state index < -0.39 is 12.7 Å². The smallest absolute Gasteiger partial charge is 0.387 e. The topological polar surface area (TPSA) is 71.5 Å². The Morgan fingerprint density at radius 2 is 2.00 bits per heavy atom. The molecule has 0 saturated heterocycles. The molecular formula is C17H16F2N2O3. The summed E-state index contributed by atoms with van der Waals surface area (Å²) in [7, 11) is 0. The number of alkyl halides is 2. The minimum atomic E-state index is -2.90. The minimum Gasteiger partial charge on any atom is -0.435 e. The molecule has 2 aromatic rings. The van der Waals surface area contributed by atoms with Gasteiger partial charge in [0.2, 0.25) is 5.91 Å². The number of hydrogen-bond acceptors (Lipinski definition) is 4. The van der Waals surface area contributed by atoms with Gasteiger partial charge in [-0.05, 0) is 35.9 Å². The lowest BCUT2D eigenvalue weighted by molar-refractivity contribution is -0.116. The van der Waals surface area contributed by atoms with Crippen molar-refractivity contribution in [2.75, 3.05) is 6.54 Å². The van der Waals surface area contributed by atoms with Crippen molar-refractivity contribution in [2.45, 2.75) is 12.7 Å². The van der Waals surface area contributed by atoms with E-state index in [1.807, 2.05) is 0 Å². The van der Waals surface area contributed by atoms with Gasteiger partial charge in [0.15, 0.2) is 0 Å². The maximum atomic E-state index is 12.1. The maximum absolute atomic E-state index is 12.1. The zero-order chi connectivity index (χ0) is 17.4. The van der Waals surface area contributed by atoms with Gasteiger partial charge < -0.3 is 15.2 Å². The molecule has 0 spiro atoms. The second-order valence-electron chi connectivity index (χ2n) is 4.80. The Morgan fingerprint density at radius 3 is 2.62 bits per heavy atom. The summed E-state index contributed by atoms with van der Waals surface area (Å²) >= 11 is 0. The average molecular weight is 334 g/mol. The Morgan fingerprint density at radius 1 is 1.25 bits per heavy atom. The van der Waals surface area contributed by atoms with Crippen LogP contribution in [0.15, 0.2) is 54.7 Å². The van der Waals surface area contributed by atoms with Gasteiger partial charge in [-0.1, -0.05) is 18.2 Å². The number of hydrogen-bond donors (Lipinski definition) is 2. The molecule has 2 rings (SSSR count). The van der Waals surface area contributed by atoms with E-state index >= 15 is 0 Å². The zero-order valence-electron chi connectivity index (χ0n) is 12.6. The van der Waals surface area contributed by atoms with E-state index in [1.54, 1.807) is 30.5 Å². The first kappa shape index (κ1) is 17.6. The fraction of sp³-hybridized carbons (Fsp3) is 0.176. The Bertz CT molecular complexity index is 676. The van der Waals surface area contributed by atoms with Gasteiger partial charge in [-0.2, -0.15) is 8.78 Å². The molecule has 7 heteroatoms. The van der Waals surface area contributed by atoms with Crippen LogP contribution in [0, 0.1) is 0 Å². The lowest BCUT2D eigenvalue weighted by Gasteiger charge is -2.12. The molecular weight excluding hydrogens is 318 g/mol. The number of carbonyl (C=O) groups excluding carboxylic acids is 1. The van der Waals surface area contributed by atoms with E-state index in [2.05, 4.69) is 15.0 Å². The quantitative estimate of drug-likeness (QED) is 0.764. The van der Waals surface area contributed by atoms with Crippen LogP contribution in [-0.4, -0.2) is 29.2 Å². The number of amides is 1. The van der Waals surface area contributed by atoms with Crippen LogP contribution >= 0.6 is 0 Å². The summed E-state index contributed by atoms with van der Waals surface area (Å²) in [4.78, 5) is 15.7. The molecule has 1 heterocycles. The summed E-state index contributed by atoms with van der Waals surface area (Å²) in [5.41, 5.74) is 1.12. The molecule has 5 nitrogen and oxygen atoms in total. The summed E-state index contributed by atoms with van der Waals surface area (Å²) in [6, 6.07) is 10.9. The SMILES string of the molecule is O=C(/C=C/c1ccccn1)NCC(O)c1ccc(OC(F)F)cc1. The number of nitrogens with zero attached hydrogens (tertiary/aromatic N) is 1. The molecule has 0 aliphatic carbocycles. The third-order valence-corrected chi connectivity index (χ3v) is 3.05. The van der Waals surface area contributed by atoms with Crippen LogP contribution in [0.25, 0.3) is 6.08 Å². The van der Waals surface area contributed by atoms with Gasteiger partial charge in [-0.3, -0.25) is 9.78 Å². The Hall–Kier alpha value is -2.80. The Kier molecular flexibility index (Phi) is 6.39. The highest BCUT2D eigenvalue weighted by atomic mass is 19.3. The van der Waals surface area contributed by atoms with Gasteiger partial charge in [0.1, 0.15) is 5.75 Å². The van der Waals surface area contributed by atoms with Crippen molar-refractivity contribution in [1.29, 1.82) is 0 Å². The summed E-state index contributed by atoms with van der Waals surface area (Å²) in [6.07, 6.45) is 3.52. The lowest BCUT2D eigenvalue weighted by atomic mass is 10.1. The number of ether oxygens (including phenoxy) is 1. The van der Waals surface area contributed by atoms with E-state index in [0.717, 1.165) is 0 Å². The van der Waals surface area contributed by atoms with Crippen molar-refractivity contribution >= 4 is 12.0 Å². The van der Waals surface area contributed by atoms with Crippen LogP contribution in [0.3, 0.4) is 0 Å². The lowest BCUT2D eigenvalue weighted by Crippen LogP contribution is -2.26. The van der Waals surface area contributed by atoms with Crippen LogP contribution in [0.2, 0.25) is 0 Å². The molecule has 2 N–H and O–H groups in total. The minimum absolute atomic E-state index is 0.00304. The number of aliphatic hydroxyl groups is 1. The number of rotatable bonds is 7. The zero-order valence-corrected chi connectivity index (χ0v) is 12.6. The number of nitrogens with one attached hydrogen (secondary N) is 1. The molecule has 0 aliphatic heterocycles. The fourth-order valence-electron chi connectivity index (χ4n) is 1.88. The van der Waals surface area contributed by atoms with E-state index in [0.29, 0.717) is 11.3 Å². The normalized spacial score (nSPS) is 12.3. The number of carbonyl (C=O) groups is 1. The Labute approximate surface area is 137 Å². The highest BCUT2D eigenvalue weighted by molar-refractivity contribution is 5.91. The molecule has 1 aromatic carbocycles. The Balaban J connectivity index is 1.82. The number of aromatic nitrogens is 1. The molecule has 1 amide bonds. The van der Waals surface area contributed by atoms with E-state index in [4.69, 9.17) is 0 Å². The van der Waals surface area contributed by atoms with Crippen LogP contribution in [0.5, 0.6) is 5.75 Å². The summed E-state index contributed by atoms with van der Waals surface area (Å²) < 4.78 is 28.3. The first-order valence-electron chi connectivity index (χ1n) is 7.14. The molecule has 24 heavy (non-hydrogen) atoms. The second kappa shape index (κ2) is 8.73. The number of halogens is 2. The first-order valence-corrected chi connectivity index (χ1v) is 7.14. The highest BCUT2D eigenvalue weighted by Crippen LogP contribution is 2.18. The van der Waals surface area contributed by atoms with E-state index in [9.17, 15) is 18.7 Å². The van der Waals surface area contributed by atoms with Crippen LogP contribution < -0.4 is 10.1 Å². The third kappa shape index (κ3) is 5.77. The van der Waals surface area contributed by atoms with Gasteiger partial charge >= 0.3 is 6.61 Å². The van der Waals surface area contributed by atoms with Crippen molar-refractivity contribution in [3.05, 3.63) is 66.0 Å². The predicted molar refractivity (Wildman–Crippen MR) is 84.3 cm³/mol. The largest absolute Gasteiger partial charge is 0.435 e. The molecule has 126 valence electrons. The molecule has 1 aromatic heterocycles. The van der Waals surface area contributed by atoms with Crippen molar-refractivity contribution in [1.82, 2.24) is 10.3 Å². The summed E-state index contributed by atoms with van der Waals surface area (Å²) in [5, 5.41) is 12.5. The van der Waals surface area contributed by atoms with Crippen molar-refractivity contribution < 1.29 is 23.4 Å². The van der Waals surface area contributed by atoms with Crippen molar-refractivity contribution in [3.8, 4) is 5.75 Å². The van der Waals surface area contributed by atoms with Crippen molar-refractivity contribution in [3.63, 3.8) is 0 Å². The molecule has 0 aliphatic rings. The van der Waals surface area contributed by atoms with Gasteiger partial charge in [0.05, 0.1) is 11.8 Å². The van der Waals surface area contributed by atoms with Crippen LogP contribution in [0.4, 0.5) is 8.78 Å². The van der Waals surface area contributed by atoms with Gasteiger partial charge in [0.25, 0.3) is 0 Å². The molecule has 0 saturated carbocycles. The third-order valence-electron chi connectivity index (χ3n) is 3.05. The van der Waals surface area contributed by atoms with E-state index in [1.165, 1.54) is 30.3 Å². The number of pyridine rings is 1. The monoisotopic (exact) mass is 334 g/mol. The predicted octanol–water partition coefficient (Wildman–Crippen LogP) is 2.55. The number of aliphatic hydroxyl groups excluding tert-OH is 1. The molecule has 0 radical (unpaired) electrons. The highest BCUT2D eigenvalue weighted by Gasteiger charge is 2.10. The summed E-state index contributed by atoms with van der Waals surface area (Å²) in [6.45, 7) is -2.91. The average Bonchev–Trinajstić information content (AvgIpc) is 2.59. The van der Waals surface area contributed by atoms with Crippen LogP contribution in [-0.2, 0) is 4.79 Å². The van der Waals surface area contributed by atoms with Gasteiger partial charge in [-0.15, -0.1) is 0 Å². The molecule has 1 atom stereocenters. The molecule has 0 bridgehead atoms. The molecule has 1 unspecified atom stereocenters. The number of benzene rings is 1. The van der Waals surface area contributed by atoms with Gasteiger partial charge in [0, 0.05) is 18.8 Å². The maximum Gasteiger partial charge on any atom is 0.387 e. The van der Waals surface area contributed by atoms with Gasteiger partial charge in [-0.25, -0.2) is 0 Å². The molecule has 0 fully saturated rings. The second-order valence-corrected chi connectivity index (χ2v) is 4.80. The fourth-order valence-corrected chi connectivity index (χ4v) is 1.88. The standard InChI is InChI=1S/C17H16F2N2O3/c18-17(19)24-14-7-4-12(5-8-14)15(22)11-21-16(23)9-6-13-3-1-2-10-20-13/h1-10,15,17,22H,11H2,(H,21,23)/b9-6+. The van der Waals surface area contributed by atoms with Crippen molar-refractivity contribution in [2.24, 2.45) is 0 Å². The van der Waals surface area contributed by atoms with Crippen LogP contribution in [0.1, 0.15) is 17.4 Å². The summed E-state index contributed by atoms with van der Waals surface area (Å²) in [5.74, 6) is -0.374. The first-order chi connectivity index (χ1) is 11.5.